The Morgan fingerprint density at radius 2 is 1.86 bits per heavy atom. The van der Waals surface area contributed by atoms with Crippen LogP contribution in [0, 0.1) is 5.92 Å². The molecule has 116 valence electrons. The molecule has 1 aromatic carbocycles. The number of nitrogens with one attached hydrogen (secondary N) is 1. The zero-order chi connectivity index (χ0) is 14.5. The van der Waals surface area contributed by atoms with E-state index < -0.39 is 0 Å². The minimum absolute atomic E-state index is 0.797. The van der Waals surface area contributed by atoms with Gasteiger partial charge in [0.1, 0.15) is 0 Å². The van der Waals surface area contributed by atoms with Gasteiger partial charge in [0.25, 0.3) is 0 Å². The fraction of sp³-hybridized carbons (Fsp3) is 0.684. The van der Waals surface area contributed by atoms with Gasteiger partial charge in [-0.2, -0.15) is 0 Å². The van der Waals surface area contributed by atoms with Crippen molar-refractivity contribution in [3.8, 4) is 0 Å². The van der Waals surface area contributed by atoms with Crippen LogP contribution >= 0.6 is 0 Å². The van der Waals surface area contributed by atoms with E-state index >= 15 is 0 Å². The topological polar surface area (TPSA) is 15.3 Å². The summed E-state index contributed by atoms with van der Waals surface area (Å²) in [5.74, 6) is 0.960. The standard InChI is InChI=1S/C19H30N2/c1-2-4-16-5-3-13-21(14-12-16)19-10-6-17(7-11-19)15-20-18-8-9-18/h6-7,10-11,16,18,20H,2-5,8-9,12-15H2,1H3. The Kier molecular flexibility index (Phi) is 5.18. The highest BCUT2D eigenvalue weighted by atomic mass is 15.1. The largest absolute Gasteiger partial charge is 0.372 e. The molecule has 0 spiro atoms. The molecule has 3 rings (SSSR count). The van der Waals surface area contributed by atoms with Crippen molar-refractivity contribution in [2.24, 2.45) is 5.92 Å². The minimum atomic E-state index is 0.797. The highest BCUT2D eigenvalue weighted by Gasteiger charge is 2.20. The summed E-state index contributed by atoms with van der Waals surface area (Å²) in [6, 6.07) is 10.1. The lowest BCUT2D eigenvalue weighted by Crippen LogP contribution is -2.24. The Hall–Kier alpha value is -1.02. The lowest BCUT2D eigenvalue weighted by atomic mass is 9.96. The molecule has 1 aliphatic heterocycles. The van der Waals surface area contributed by atoms with Crippen molar-refractivity contribution < 1.29 is 0 Å². The molecule has 1 saturated heterocycles. The van der Waals surface area contributed by atoms with Crippen LogP contribution in [0.15, 0.2) is 24.3 Å². The molecule has 1 unspecified atom stereocenters. The smallest absolute Gasteiger partial charge is 0.0366 e. The molecule has 0 bridgehead atoms. The van der Waals surface area contributed by atoms with Gasteiger partial charge >= 0.3 is 0 Å². The molecular formula is C19H30N2. The lowest BCUT2D eigenvalue weighted by Gasteiger charge is -2.23. The van der Waals surface area contributed by atoms with Gasteiger partial charge < -0.3 is 10.2 Å². The first-order valence-electron chi connectivity index (χ1n) is 8.92. The van der Waals surface area contributed by atoms with E-state index in [-0.39, 0.29) is 0 Å². The third-order valence-electron chi connectivity index (χ3n) is 5.02. The summed E-state index contributed by atoms with van der Waals surface area (Å²) in [7, 11) is 0. The Labute approximate surface area is 129 Å². The maximum atomic E-state index is 3.59. The summed E-state index contributed by atoms with van der Waals surface area (Å²) >= 11 is 0. The predicted molar refractivity (Wildman–Crippen MR) is 90.8 cm³/mol. The minimum Gasteiger partial charge on any atom is -0.372 e. The molecule has 0 amide bonds. The summed E-state index contributed by atoms with van der Waals surface area (Å²) in [6.45, 7) is 5.82. The molecule has 1 aromatic rings. The van der Waals surface area contributed by atoms with Crippen molar-refractivity contribution in [3.63, 3.8) is 0 Å². The van der Waals surface area contributed by atoms with Gasteiger partial charge in [-0.15, -0.1) is 0 Å². The first-order chi connectivity index (χ1) is 10.3. The molecule has 1 aliphatic carbocycles. The lowest BCUT2D eigenvalue weighted by molar-refractivity contribution is 0.435. The van der Waals surface area contributed by atoms with Crippen molar-refractivity contribution in [1.82, 2.24) is 5.32 Å². The molecular weight excluding hydrogens is 256 g/mol. The Bertz CT molecular complexity index is 422. The Balaban J connectivity index is 1.53. The SMILES string of the molecule is CCCC1CCCN(c2ccc(CNC3CC3)cc2)CC1. The van der Waals surface area contributed by atoms with E-state index in [1.807, 2.05) is 0 Å². The summed E-state index contributed by atoms with van der Waals surface area (Å²) < 4.78 is 0. The zero-order valence-electron chi connectivity index (χ0n) is 13.5. The van der Waals surface area contributed by atoms with Crippen molar-refractivity contribution in [2.75, 3.05) is 18.0 Å². The molecule has 1 atom stereocenters. The van der Waals surface area contributed by atoms with Crippen LogP contribution in [0.25, 0.3) is 0 Å². The Morgan fingerprint density at radius 1 is 1.05 bits per heavy atom. The fourth-order valence-corrected chi connectivity index (χ4v) is 3.49. The molecule has 2 nitrogen and oxygen atoms in total. The maximum Gasteiger partial charge on any atom is 0.0366 e. The summed E-state index contributed by atoms with van der Waals surface area (Å²) in [5, 5.41) is 3.59. The monoisotopic (exact) mass is 286 g/mol. The molecule has 0 aromatic heterocycles. The van der Waals surface area contributed by atoms with Gasteiger partial charge in [-0.1, -0.05) is 31.9 Å². The zero-order valence-corrected chi connectivity index (χ0v) is 13.5. The Morgan fingerprint density at radius 3 is 2.57 bits per heavy atom. The van der Waals surface area contributed by atoms with Crippen LogP contribution in [0.4, 0.5) is 5.69 Å². The van der Waals surface area contributed by atoms with Gasteiger partial charge in [0, 0.05) is 31.4 Å². The first-order valence-corrected chi connectivity index (χ1v) is 8.92. The third-order valence-corrected chi connectivity index (χ3v) is 5.02. The number of nitrogens with zero attached hydrogens (tertiary/aromatic N) is 1. The van der Waals surface area contributed by atoms with E-state index in [2.05, 4.69) is 41.4 Å². The van der Waals surface area contributed by atoms with Gasteiger partial charge in [-0.05, 0) is 55.7 Å². The molecule has 21 heavy (non-hydrogen) atoms. The second-order valence-electron chi connectivity index (χ2n) is 6.89. The molecule has 2 aliphatic rings. The van der Waals surface area contributed by atoms with Crippen molar-refractivity contribution in [1.29, 1.82) is 0 Å². The van der Waals surface area contributed by atoms with E-state index in [1.54, 1.807) is 0 Å². The predicted octanol–water partition coefficient (Wildman–Crippen LogP) is 4.35. The van der Waals surface area contributed by atoms with Crippen LogP contribution in [0.5, 0.6) is 0 Å². The number of anilines is 1. The average Bonchev–Trinajstić information content (AvgIpc) is 3.34. The van der Waals surface area contributed by atoms with E-state index in [0.717, 1.165) is 18.5 Å². The molecule has 2 heteroatoms. The van der Waals surface area contributed by atoms with E-state index in [1.165, 1.54) is 69.3 Å². The van der Waals surface area contributed by atoms with Crippen LogP contribution in [-0.4, -0.2) is 19.1 Å². The molecule has 1 saturated carbocycles. The van der Waals surface area contributed by atoms with Crippen LogP contribution in [0.3, 0.4) is 0 Å². The van der Waals surface area contributed by atoms with Gasteiger partial charge in [0.15, 0.2) is 0 Å². The van der Waals surface area contributed by atoms with Gasteiger partial charge in [-0.25, -0.2) is 0 Å². The van der Waals surface area contributed by atoms with E-state index in [9.17, 15) is 0 Å². The molecule has 1 N–H and O–H groups in total. The highest BCUT2D eigenvalue weighted by molar-refractivity contribution is 5.47. The molecule has 0 radical (unpaired) electrons. The normalized spacial score (nSPS) is 23.1. The third kappa shape index (κ3) is 4.47. The van der Waals surface area contributed by atoms with E-state index in [0.29, 0.717) is 0 Å². The molecule has 1 heterocycles. The summed E-state index contributed by atoms with van der Waals surface area (Å²) in [5.41, 5.74) is 2.84. The molecule has 2 fully saturated rings. The summed E-state index contributed by atoms with van der Waals surface area (Å²) in [6.07, 6.45) is 9.64. The fourth-order valence-electron chi connectivity index (χ4n) is 3.49. The highest BCUT2D eigenvalue weighted by Crippen LogP contribution is 2.26. The van der Waals surface area contributed by atoms with Gasteiger partial charge in [-0.3, -0.25) is 0 Å². The van der Waals surface area contributed by atoms with Crippen LogP contribution in [0.1, 0.15) is 57.4 Å². The number of hydrogen-bond acceptors (Lipinski definition) is 2. The number of hydrogen-bond donors (Lipinski definition) is 1. The van der Waals surface area contributed by atoms with Crippen molar-refractivity contribution in [2.45, 2.75) is 64.5 Å². The second kappa shape index (κ2) is 7.31. The average molecular weight is 286 g/mol. The van der Waals surface area contributed by atoms with Crippen LogP contribution in [0.2, 0.25) is 0 Å². The first kappa shape index (κ1) is 14.9. The maximum absolute atomic E-state index is 3.59. The van der Waals surface area contributed by atoms with Crippen molar-refractivity contribution in [3.05, 3.63) is 29.8 Å². The van der Waals surface area contributed by atoms with Gasteiger partial charge in [0.2, 0.25) is 0 Å². The van der Waals surface area contributed by atoms with Gasteiger partial charge in [0.05, 0.1) is 0 Å². The van der Waals surface area contributed by atoms with Crippen LogP contribution in [-0.2, 0) is 6.54 Å². The summed E-state index contributed by atoms with van der Waals surface area (Å²) in [4.78, 5) is 2.59. The number of benzene rings is 1. The second-order valence-corrected chi connectivity index (χ2v) is 6.89. The van der Waals surface area contributed by atoms with Crippen LogP contribution < -0.4 is 10.2 Å². The quantitative estimate of drug-likeness (QED) is 0.836. The number of rotatable bonds is 6. The van der Waals surface area contributed by atoms with Crippen molar-refractivity contribution >= 4 is 5.69 Å². The van der Waals surface area contributed by atoms with E-state index in [4.69, 9.17) is 0 Å².